The van der Waals surface area contributed by atoms with Crippen molar-refractivity contribution in [1.82, 2.24) is 4.90 Å². The summed E-state index contributed by atoms with van der Waals surface area (Å²) in [6.07, 6.45) is 8.85. The van der Waals surface area contributed by atoms with Crippen LogP contribution >= 0.6 is 0 Å². The summed E-state index contributed by atoms with van der Waals surface area (Å²) in [7, 11) is 3.81. The van der Waals surface area contributed by atoms with E-state index in [2.05, 4.69) is 11.9 Å². The minimum atomic E-state index is 0.0737. The maximum atomic E-state index is 12.9. The Bertz CT molecular complexity index is 331. The molecule has 0 heterocycles. The van der Waals surface area contributed by atoms with Crippen LogP contribution in [0.1, 0.15) is 44.9 Å². The van der Waals surface area contributed by atoms with Crippen molar-refractivity contribution in [2.45, 2.75) is 44.9 Å². The topological polar surface area (TPSA) is 29.5 Å². The van der Waals surface area contributed by atoms with Gasteiger partial charge in [0.15, 0.2) is 5.78 Å². The Labute approximate surface area is 123 Å². The van der Waals surface area contributed by atoms with Gasteiger partial charge < -0.3 is 4.74 Å². The summed E-state index contributed by atoms with van der Waals surface area (Å²) in [5.74, 6) is 3.13. The third kappa shape index (κ3) is 2.80. The van der Waals surface area contributed by atoms with Gasteiger partial charge in [-0.15, -0.1) is 0 Å². The maximum absolute atomic E-state index is 12.9. The first kappa shape index (κ1) is 14.5. The third-order valence-electron chi connectivity index (χ3n) is 5.93. The van der Waals surface area contributed by atoms with E-state index in [0.717, 1.165) is 37.3 Å². The minimum Gasteiger partial charge on any atom is -0.385 e. The van der Waals surface area contributed by atoms with E-state index in [1.165, 1.54) is 38.5 Å². The Balaban J connectivity index is 1.57. The van der Waals surface area contributed by atoms with E-state index in [9.17, 15) is 4.79 Å². The van der Waals surface area contributed by atoms with Crippen molar-refractivity contribution in [1.29, 1.82) is 0 Å². The van der Waals surface area contributed by atoms with Gasteiger partial charge in [0.1, 0.15) is 0 Å². The molecule has 0 aromatic carbocycles. The van der Waals surface area contributed by atoms with Gasteiger partial charge >= 0.3 is 0 Å². The van der Waals surface area contributed by atoms with Crippen LogP contribution in [0.5, 0.6) is 0 Å². The third-order valence-corrected chi connectivity index (χ3v) is 5.93. The highest BCUT2D eigenvalue weighted by molar-refractivity contribution is 5.87. The fourth-order valence-corrected chi connectivity index (χ4v) is 5.42. The Morgan fingerprint density at radius 1 is 1.15 bits per heavy atom. The number of hydrogen-bond acceptors (Lipinski definition) is 3. The molecule has 0 aromatic heterocycles. The Morgan fingerprint density at radius 3 is 2.20 bits per heavy atom. The smallest absolute Gasteiger partial charge is 0.152 e. The predicted octanol–water partition coefficient (Wildman–Crippen LogP) is 2.74. The Hall–Kier alpha value is -0.410. The van der Waals surface area contributed by atoms with Gasteiger partial charge in [-0.05, 0) is 69.7 Å². The molecule has 114 valence electrons. The number of ether oxygens (including phenoxy) is 1. The SMILES string of the molecule is COCCCN(C)CC(=O)C12CC3CC(CC(C3)C1)C2. The first-order valence-corrected chi connectivity index (χ1v) is 8.32. The van der Waals surface area contributed by atoms with E-state index in [-0.39, 0.29) is 5.41 Å². The molecule has 4 bridgehead atoms. The van der Waals surface area contributed by atoms with Crippen LogP contribution in [0, 0.1) is 23.2 Å². The molecule has 0 saturated heterocycles. The van der Waals surface area contributed by atoms with Crippen molar-refractivity contribution in [3.63, 3.8) is 0 Å². The molecule has 4 rings (SSSR count). The second-order valence-corrected chi connectivity index (χ2v) is 7.71. The lowest BCUT2D eigenvalue weighted by Gasteiger charge is -2.56. The van der Waals surface area contributed by atoms with Crippen LogP contribution in [-0.4, -0.2) is 44.5 Å². The maximum Gasteiger partial charge on any atom is 0.152 e. The summed E-state index contributed by atoms with van der Waals surface area (Å²) in [4.78, 5) is 15.1. The van der Waals surface area contributed by atoms with Crippen molar-refractivity contribution in [3.8, 4) is 0 Å². The van der Waals surface area contributed by atoms with Gasteiger partial charge in [0, 0.05) is 25.7 Å². The highest BCUT2D eigenvalue weighted by Crippen LogP contribution is 2.60. The molecule has 0 amide bonds. The second-order valence-electron chi connectivity index (χ2n) is 7.71. The van der Waals surface area contributed by atoms with E-state index < -0.39 is 0 Å². The summed E-state index contributed by atoms with van der Waals surface area (Å²) >= 11 is 0. The van der Waals surface area contributed by atoms with E-state index in [4.69, 9.17) is 4.74 Å². The lowest BCUT2D eigenvalue weighted by atomic mass is 9.48. The normalized spacial score (nSPS) is 38.6. The number of likely N-dealkylation sites (N-methyl/N-ethyl adjacent to an activating group) is 1. The molecular formula is C17H29NO2. The molecule has 0 radical (unpaired) electrons. The van der Waals surface area contributed by atoms with Gasteiger partial charge in [0.25, 0.3) is 0 Å². The van der Waals surface area contributed by atoms with Crippen molar-refractivity contribution in [3.05, 3.63) is 0 Å². The minimum absolute atomic E-state index is 0.0737. The second kappa shape index (κ2) is 5.76. The number of carbonyl (C=O) groups is 1. The molecule has 0 N–H and O–H groups in total. The largest absolute Gasteiger partial charge is 0.385 e. The highest BCUT2D eigenvalue weighted by Gasteiger charge is 2.54. The Morgan fingerprint density at radius 2 is 1.70 bits per heavy atom. The molecule has 3 nitrogen and oxygen atoms in total. The van der Waals surface area contributed by atoms with Crippen LogP contribution < -0.4 is 0 Å². The number of rotatable bonds is 7. The molecule has 0 spiro atoms. The van der Waals surface area contributed by atoms with E-state index >= 15 is 0 Å². The van der Waals surface area contributed by atoms with Gasteiger partial charge in [-0.25, -0.2) is 0 Å². The first-order valence-electron chi connectivity index (χ1n) is 8.32. The van der Waals surface area contributed by atoms with Crippen LogP contribution in [-0.2, 0) is 9.53 Å². The molecule has 4 fully saturated rings. The van der Waals surface area contributed by atoms with E-state index in [0.29, 0.717) is 12.3 Å². The van der Waals surface area contributed by atoms with Crippen LogP contribution in [0.15, 0.2) is 0 Å². The zero-order valence-corrected chi connectivity index (χ0v) is 13.1. The summed E-state index contributed by atoms with van der Waals surface area (Å²) in [5, 5.41) is 0. The average Bonchev–Trinajstić information content (AvgIpc) is 2.37. The number of hydrogen-bond donors (Lipinski definition) is 0. The van der Waals surface area contributed by atoms with Crippen LogP contribution in [0.2, 0.25) is 0 Å². The first-order chi connectivity index (χ1) is 9.61. The van der Waals surface area contributed by atoms with E-state index in [1.54, 1.807) is 7.11 Å². The van der Waals surface area contributed by atoms with Crippen molar-refractivity contribution in [2.24, 2.45) is 23.2 Å². The average molecular weight is 279 g/mol. The molecule has 3 heteroatoms. The summed E-state index contributed by atoms with van der Waals surface area (Å²) in [6, 6.07) is 0. The van der Waals surface area contributed by atoms with Crippen molar-refractivity contribution in [2.75, 3.05) is 33.9 Å². The summed E-state index contributed by atoms with van der Waals surface area (Å²) in [6.45, 7) is 2.40. The lowest BCUT2D eigenvalue weighted by Crippen LogP contribution is -2.52. The molecule has 4 aliphatic rings. The number of Topliss-reactive ketones (excluding diaryl/α,β-unsaturated/α-hetero) is 1. The Kier molecular flexibility index (Phi) is 4.19. The van der Waals surface area contributed by atoms with Crippen LogP contribution in [0.25, 0.3) is 0 Å². The predicted molar refractivity (Wildman–Crippen MR) is 79.6 cm³/mol. The fraction of sp³-hybridized carbons (Fsp3) is 0.941. The van der Waals surface area contributed by atoms with E-state index in [1.807, 2.05) is 0 Å². The van der Waals surface area contributed by atoms with Gasteiger partial charge in [-0.3, -0.25) is 9.69 Å². The zero-order valence-electron chi connectivity index (χ0n) is 13.1. The van der Waals surface area contributed by atoms with Gasteiger partial charge in [0.05, 0.1) is 6.54 Å². The molecule has 4 saturated carbocycles. The van der Waals surface area contributed by atoms with Gasteiger partial charge in [-0.2, -0.15) is 0 Å². The molecule has 0 aromatic rings. The fourth-order valence-electron chi connectivity index (χ4n) is 5.42. The number of nitrogens with zero attached hydrogens (tertiary/aromatic N) is 1. The van der Waals surface area contributed by atoms with Crippen molar-refractivity contribution < 1.29 is 9.53 Å². The van der Waals surface area contributed by atoms with Crippen LogP contribution in [0.3, 0.4) is 0 Å². The zero-order chi connectivity index (χ0) is 14.2. The van der Waals surface area contributed by atoms with Crippen molar-refractivity contribution >= 4 is 5.78 Å². The number of ketones is 1. The van der Waals surface area contributed by atoms with Crippen LogP contribution in [0.4, 0.5) is 0 Å². The molecule has 0 aliphatic heterocycles. The summed E-state index contributed by atoms with van der Waals surface area (Å²) < 4.78 is 5.09. The molecular weight excluding hydrogens is 250 g/mol. The number of methoxy groups -OCH3 is 1. The monoisotopic (exact) mass is 279 g/mol. The molecule has 0 atom stereocenters. The van der Waals surface area contributed by atoms with Gasteiger partial charge in [-0.1, -0.05) is 0 Å². The standard InChI is InChI=1S/C17H29NO2/c1-18(4-3-5-20-2)12-16(19)17-9-13-6-14(10-17)8-15(7-13)11-17/h13-15H,3-12H2,1-2H3. The molecule has 0 unspecified atom stereocenters. The summed E-state index contributed by atoms with van der Waals surface area (Å²) in [5.41, 5.74) is 0.0737. The molecule has 4 aliphatic carbocycles. The highest BCUT2D eigenvalue weighted by atomic mass is 16.5. The quantitative estimate of drug-likeness (QED) is 0.671. The van der Waals surface area contributed by atoms with Gasteiger partial charge in [0.2, 0.25) is 0 Å². The molecule has 20 heavy (non-hydrogen) atoms. The number of carbonyl (C=O) groups excluding carboxylic acids is 1. The lowest BCUT2D eigenvalue weighted by molar-refractivity contribution is -0.144.